The predicted molar refractivity (Wildman–Crippen MR) is 59.4 cm³/mol. The van der Waals surface area contributed by atoms with Crippen molar-refractivity contribution in [2.75, 3.05) is 0 Å². The second-order valence-electron chi connectivity index (χ2n) is 2.14. The molecule has 1 aliphatic heterocycles. The molecule has 0 atom stereocenters. The number of hydrogen-bond acceptors (Lipinski definition) is 2. The predicted octanol–water partition coefficient (Wildman–Crippen LogP) is 2.82. The molecular weight excluding hydrogens is 269 g/mol. The van der Waals surface area contributed by atoms with Gasteiger partial charge in [-0.3, -0.25) is 0 Å². The van der Waals surface area contributed by atoms with Crippen LogP contribution in [0, 0.1) is 6.92 Å². The molecule has 56 valence electrons. The Bertz CT molecular complexity index is 369. The van der Waals surface area contributed by atoms with Gasteiger partial charge in [-0.25, -0.2) is 4.98 Å². The molecule has 2 heterocycles. The van der Waals surface area contributed by atoms with Gasteiger partial charge in [0.2, 0.25) is 0 Å². The van der Waals surface area contributed by atoms with Crippen LogP contribution in [0.25, 0.3) is 12.2 Å². The molecule has 0 radical (unpaired) electrons. The Labute approximate surface area is 79.2 Å². The molecule has 0 saturated heterocycles. The Kier molecular flexibility index (Phi) is 2.02. The zero-order valence-electron chi connectivity index (χ0n) is 5.97. The van der Waals surface area contributed by atoms with Crippen molar-refractivity contribution >= 4 is 47.9 Å². The average Bonchev–Trinajstić information content (AvgIpc) is 2.17. The summed E-state index contributed by atoms with van der Waals surface area (Å²) in [5, 5.41) is 1.14. The third-order valence-corrected chi connectivity index (χ3v) is 3.64. The fourth-order valence-electron chi connectivity index (χ4n) is 0.890. The molecule has 0 aromatic carbocycles. The quantitative estimate of drug-likeness (QED) is 0.663. The minimum absolute atomic E-state index is 0.0357. The number of nitrogens with zero attached hydrogens (tertiary/aromatic N) is 1. The van der Waals surface area contributed by atoms with Crippen molar-refractivity contribution in [3.05, 3.63) is 19.7 Å². The third kappa shape index (κ3) is 1.50. The second kappa shape index (κ2) is 3.01. The lowest BCUT2D eigenvalue weighted by Crippen LogP contribution is -1.73. The summed E-state index contributed by atoms with van der Waals surface area (Å²) in [5.74, 6) is 0. The SMILES string of the molecule is Cc1nc2c(s1)C=C=IC=C2. The van der Waals surface area contributed by atoms with Crippen molar-refractivity contribution in [2.45, 2.75) is 6.92 Å². The van der Waals surface area contributed by atoms with Gasteiger partial charge >= 0.3 is 0 Å². The van der Waals surface area contributed by atoms with E-state index in [-0.39, 0.29) is 20.7 Å². The van der Waals surface area contributed by atoms with Crippen LogP contribution in [-0.2, 0) is 0 Å². The molecule has 0 aliphatic carbocycles. The molecule has 0 amide bonds. The molecule has 0 saturated carbocycles. The standard InChI is InChI=1S/C8H6INS/c1-6-10-7-2-4-9-5-3-8(7)11-6/h2-4H,1H3. The van der Waals surface area contributed by atoms with E-state index in [9.17, 15) is 0 Å². The Morgan fingerprint density at radius 2 is 2.55 bits per heavy atom. The van der Waals surface area contributed by atoms with Gasteiger partial charge in [0.15, 0.2) is 0 Å². The van der Waals surface area contributed by atoms with Gasteiger partial charge in [0.1, 0.15) is 0 Å². The molecule has 2 rings (SSSR count). The fourth-order valence-corrected chi connectivity index (χ4v) is 3.12. The molecule has 11 heavy (non-hydrogen) atoms. The molecule has 0 bridgehead atoms. The Balaban J connectivity index is 2.66. The van der Waals surface area contributed by atoms with Crippen LogP contribution in [0.3, 0.4) is 0 Å². The molecule has 1 aromatic rings. The van der Waals surface area contributed by atoms with Gasteiger partial charge in [-0.15, -0.1) is 11.3 Å². The highest BCUT2D eigenvalue weighted by Crippen LogP contribution is 2.22. The molecule has 1 nitrogen and oxygen atoms in total. The highest BCUT2D eigenvalue weighted by atomic mass is 127. The van der Waals surface area contributed by atoms with E-state index in [1.807, 2.05) is 6.92 Å². The van der Waals surface area contributed by atoms with Crippen LogP contribution in [0.1, 0.15) is 15.6 Å². The van der Waals surface area contributed by atoms with E-state index in [0.29, 0.717) is 0 Å². The summed E-state index contributed by atoms with van der Waals surface area (Å²) in [7, 11) is 0. The molecule has 0 spiro atoms. The lowest BCUT2D eigenvalue weighted by atomic mass is 10.3. The van der Waals surface area contributed by atoms with Crippen LogP contribution in [0.5, 0.6) is 0 Å². The number of aromatic nitrogens is 1. The number of rotatable bonds is 0. The Morgan fingerprint density at radius 3 is 3.45 bits per heavy atom. The van der Waals surface area contributed by atoms with Crippen LogP contribution >= 0.6 is 32.1 Å². The van der Waals surface area contributed by atoms with Crippen molar-refractivity contribution in [3.8, 4) is 0 Å². The van der Waals surface area contributed by atoms with E-state index in [4.69, 9.17) is 0 Å². The summed E-state index contributed by atoms with van der Waals surface area (Å²) in [6, 6.07) is 0. The molecule has 3 heteroatoms. The smallest absolute Gasteiger partial charge is 0.0908 e. The van der Waals surface area contributed by atoms with Gasteiger partial charge in [-0.2, -0.15) is 0 Å². The number of hydrogen-bond donors (Lipinski definition) is 0. The van der Waals surface area contributed by atoms with E-state index in [1.165, 1.54) is 4.88 Å². The first-order valence-electron chi connectivity index (χ1n) is 3.21. The summed E-state index contributed by atoms with van der Waals surface area (Å²) >= 11 is 1.78. The molecule has 0 N–H and O–H groups in total. The topological polar surface area (TPSA) is 12.9 Å². The molecule has 0 unspecified atom stereocenters. The number of fused-ring (bicyclic) bond motifs is 1. The van der Waals surface area contributed by atoms with E-state index < -0.39 is 0 Å². The van der Waals surface area contributed by atoms with Crippen molar-refractivity contribution < 1.29 is 0 Å². The van der Waals surface area contributed by atoms with Crippen molar-refractivity contribution in [1.82, 2.24) is 4.98 Å². The fraction of sp³-hybridized carbons (Fsp3) is 0.125. The minimum atomic E-state index is 0.0357. The molecule has 1 aliphatic rings. The van der Waals surface area contributed by atoms with Gasteiger partial charge in [-0.1, -0.05) is 3.67 Å². The summed E-state index contributed by atoms with van der Waals surface area (Å²) < 4.78 is 5.48. The molecular formula is C8H6INS. The summed E-state index contributed by atoms with van der Waals surface area (Å²) in [6.45, 7) is 2.04. The maximum atomic E-state index is 4.39. The van der Waals surface area contributed by atoms with Crippen LogP contribution in [-0.4, -0.2) is 8.65 Å². The Hall–Kier alpha value is -0.250. The van der Waals surface area contributed by atoms with E-state index in [0.717, 1.165) is 10.7 Å². The van der Waals surface area contributed by atoms with Gasteiger partial charge in [0, 0.05) is 6.08 Å². The zero-order valence-corrected chi connectivity index (χ0v) is 8.94. The normalized spacial score (nSPS) is 13.9. The first-order valence-corrected chi connectivity index (χ1v) is 6.35. The van der Waals surface area contributed by atoms with Crippen molar-refractivity contribution in [3.63, 3.8) is 0 Å². The second-order valence-corrected chi connectivity index (χ2v) is 5.34. The zero-order chi connectivity index (χ0) is 7.68. The lowest BCUT2D eigenvalue weighted by Gasteiger charge is -1.82. The third-order valence-electron chi connectivity index (χ3n) is 1.32. The van der Waals surface area contributed by atoms with Gasteiger partial charge in [0.25, 0.3) is 0 Å². The van der Waals surface area contributed by atoms with Crippen molar-refractivity contribution in [2.24, 2.45) is 0 Å². The van der Waals surface area contributed by atoms with Crippen molar-refractivity contribution in [1.29, 1.82) is 0 Å². The largest absolute Gasteiger partial charge is 0.241 e. The molecule has 1 aromatic heterocycles. The van der Waals surface area contributed by atoms with Crippen LogP contribution in [0.4, 0.5) is 0 Å². The van der Waals surface area contributed by atoms with Crippen LogP contribution in [0.2, 0.25) is 0 Å². The van der Waals surface area contributed by atoms with Gasteiger partial charge in [-0.05, 0) is 37.8 Å². The Morgan fingerprint density at radius 1 is 1.64 bits per heavy atom. The maximum absolute atomic E-state index is 4.39. The highest BCUT2D eigenvalue weighted by molar-refractivity contribution is 14.2. The monoisotopic (exact) mass is 275 g/mol. The molecule has 0 fully saturated rings. The minimum Gasteiger partial charge on any atom is -0.241 e. The number of aryl methyl sites for hydroxylation is 1. The van der Waals surface area contributed by atoms with E-state index >= 15 is 0 Å². The highest BCUT2D eigenvalue weighted by Gasteiger charge is 2.02. The summed E-state index contributed by atoms with van der Waals surface area (Å²) in [5.41, 5.74) is 1.12. The lowest BCUT2D eigenvalue weighted by molar-refractivity contribution is 1.27. The van der Waals surface area contributed by atoms with E-state index in [2.05, 4.69) is 24.9 Å². The summed E-state index contributed by atoms with van der Waals surface area (Å²) in [6.07, 6.45) is 4.19. The van der Waals surface area contributed by atoms with E-state index in [1.54, 1.807) is 11.3 Å². The van der Waals surface area contributed by atoms with Crippen LogP contribution < -0.4 is 0 Å². The number of thiazole rings is 1. The first kappa shape index (κ1) is 7.40. The average molecular weight is 275 g/mol. The van der Waals surface area contributed by atoms with Gasteiger partial charge in [0.05, 0.1) is 15.6 Å². The first-order chi connectivity index (χ1) is 5.36. The van der Waals surface area contributed by atoms with Crippen LogP contribution in [0.15, 0.2) is 4.08 Å². The summed E-state index contributed by atoms with van der Waals surface area (Å²) in [4.78, 5) is 5.65. The maximum Gasteiger partial charge on any atom is 0.0908 e. The number of halogens is 1. The van der Waals surface area contributed by atoms with Gasteiger partial charge < -0.3 is 0 Å².